The molecule has 1 aromatic carbocycles. The molecule has 0 fully saturated rings. The molecule has 108 valence electrons. The van der Waals surface area contributed by atoms with E-state index in [1.807, 2.05) is 18.3 Å². The van der Waals surface area contributed by atoms with Crippen LogP contribution in [-0.2, 0) is 9.53 Å². The third-order valence-corrected chi connectivity index (χ3v) is 2.94. The zero-order chi connectivity index (χ0) is 15.3. The van der Waals surface area contributed by atoms with E-state index in [2.05, 4.69) is 5.32 Å². The first-order chi connectivity index (χ1) is 9.36. The van der Waals surface area contributed by atoms with E-state index in [1.165, 1.54) is 14.0 Å². The molecule has 0 radical (unpaired) electrons. The van der Waals surface area contributed by atoms with Gasteiger partial charge in [0.15, 0.2) is 6.10 Å². The third-order valence-electron chi connectivity index (χ3n) is 2.94. The minimum absolute atomic E-state index is 0.407. The van der Waals surface area contributed by atoms with Gasteiger partial charge in [0.05, 0.1) is 5.56 Å². The maximum atomic E-state index is 12.0. The van der Waals surface area contributed by atoms with Crippen molar-refractivity contribution in [1.29, 1.82) is 0 Å². The molecule has 1 atom stereocenters. The fourth-order valence-electron chi connectivity index (χ4n) is 1.53. The Labute approximate surface area is 117 Å². The first kappa shape index (κ1) is 15.7. The smallest absolute Gasteiger partial charge is 0.339 e. The highest BCUT2D eigenvalue weighted by molar-refractivity contribution is 5.98. The Morgan fingerprint density at radius 2 is 1.85 bits per heavy atom. The molecule has 2 N–H and O–H groups in total. The summed E-state index contributed by atoms with van der Waals surface area (Å²) in [7, 11) is 1.38. The summed E-state index contributed by atoms with van der Waals surface area (Å²) in [6.07, 6.45) is -1.06. The lowest BCUT2D eigenvalue weighted by Gasteiger charge is -2.14. The number of amides is 3. The molecule has 6 nitrogen and oxygen atoms in total. The summed E-state index contributed by atoms with van der Waals surface area (Å²) < 4.78 is 5.05. The molecule has 0 saturated heterocycles. The maximum absolute atomic E-state index is 12.0. The normalized spacial score (nSPS) is 11.4. The first-order valence-electron chi connectivity index (χ1n) is 6.16. The largest absolute Gasteiger partial charge is 0.449 e. The van der Waals surface area contributed by atoms with E-state index in [1.54, 1.807) is 19.1 Å². The zero-order valence-electron chi connectivity index (χ0n) is 11.9. The van der Waals surface area contributed by atoms with Crippen molar-refractivity contribution in [2.24, 2.45) is 0 Å². The van der Waals surface area contributed by atoms with Crippen molar-refractivity contribution in [1.82, 2.24) is 10.6 Å². The topological polar surface area (TPSA) is 84.5 Å². The van der Waals surface area contributed by atoms with Gasteiger partial charge >= 0.3 is 12.0 Å². The number of carbonyl (C=O) groups excluding carboxylic acids is 3. The van der Waals surface area contributed by atoms with Crippen LogP contribution in [-0.4, -0.2) is 31.1 Å². The van der Waals surface area contributed by atoms with E-state index in [9.17, 15) is 14.4 Å². The van der Waals surface area contributed by atoms with Gasteiger partial charge in [0, 0.05) is 7.05 Å². The summed E-state index contributed by atoms with van der Waals surface area (Å²) >= 11 is 0. The average molecular weight is 278 g/mol. The molecule has 1 aromatic rings. The van der Waals surface area contributed by atoms with Gasteiger partial charge in [-0.2, -0.15) is 0 Å². The fraction of sp³-hybridized carbons (Fsp3) is 0.357. The number of carbonyl (C=O) groups is 3. The molecule has 0 saturated carbocycles. The second kappa shape index (κ2) is 6.70. The van der Waals surface area contributed by atoms with Gasteiger partial charge in [-0.05, 0) is 38.0 Å². The van der Waals surface area contributed by atoms with Gasteiger partial charge in [0.1, 0.15) is 0 Å². The summed E-state index contributed by atoms with van der Waals surface area (Å²) in [5, 5.41) is 4.29. The summed E-state index contributed by atoms with van der Waals surface area (Å²) in [6, 6.07) is 4.61. The van der Waals surface area contributed by atoms with Crippen LogP contribution in [0.3, 0.4) is 0 Å². The van der Waals surface area contributed by atoms with Crippen molar-refractivity contribution in [3.8, 4) is 0 Å². The van der Waals surface area contributed by atoms with Crippen LogP contribution in [0.4, 0.5) is 4.79 Å². The Morgan fingerprint density at radius 3 is 2.45 bits per heavy atom. The lowest BCUT2D eigenvalue weighted by atomic mass is 10.0. The summed E-state index contributed by atoms with van der Waals surface area (Å²) in [5.41, 5.74) is 2.17. The highest BCUT2D eigenvalue weighted by atomic mass is 16.5. The van der Waals surface area contributed by atoms with Crippen LogP contribution < -0.4 is 10.6 Å². The molecule has 20 heavy (non-hydrogen) atoms. The molecule has 0 aliphatic rings. The summed E-state index contributed by atoms with van der Waals surface area (Å²) in [4.78, 5) is 34.6. The number of urea groups is 1. The molecule has 0 aliphatic carbocycles. The van der Waals surface area contributed by atoms with Crippen molar-refractivity contribution in [2.45, 2.75) is 26.9 Å². The van der Waals surface area contributed by atoms with Crippen molar-refractivity contribution in [3.63, 3.8) is 0 Å². The van der Waals surface area contributed by atoms with Gasteiger partial charge in [-0.25, -0.2) is 9.59 Å². The van der Waals surface area contributed by atoms with Gasteiger partial charge in [-0.1, -0.05) is 12.1 Å². The van der Waals surface area contributed by atoms with Crippen molar-refractivity contribution in [3.05, 3.63) is 34.9 Å². The average Bonchev–Trinajstić information content (AvgIpc) is 2.41. The van der Waals surface area contributed by atoms with Crippen LogP contribution in [0, 0.1) is 13.8 Å². The van der Waals surface area contributed by atoms with E-state index in [4.69, 9.17) is 4.74 Å². The molecule has 0 bridgehead atoms. The summed E-state index contributed by atoms with van der Waals surface area (Å²) in [6.45, 7) is 5.09. The standard InChI is InChI=1S/C14H18N2O4/c1-8-6-5-7-11(9(8)2)13(18)20-10(3)12(17)16-14(19)15-4/h5-7,10H,1-4H3,(H2,15,16,17,19)/t10-/m0/s1. The van der Waals surface area contributed by atoms with Crippen LogP contribution in [0.1, 0.15) is 28.4 Å². The minimum atomic E-state index is -1.06. The van der Waals surface area contributed by atoms with Crippen molar-refractivity contribution < 1.29 is 19.1 Å². The summed E-state index contributed by atoms with van der Waals surface area (Å²) in [5.74, 6) is -1.27. The Morgan fingerprint density at radius 1 is 1.20 bits per heavy atom. The van der Waals surface area contributed by atoms with Crippen LogP contribution in [0.15, 0.2) is 18.2 Å². The number of aryl methyl sites for hydroxylation is 1. The Balaban J connectivity index is 2.73. The molecule has 0 spiro atoms. The Kier molecular flexibility index (Phi) is 5.25. The predicted octanol–water partition coefficient (Wildman–Crippen LogP) is 1.30. The van der Waals surface area contributed by atoms with Crippen LogP contribution in [0.2, 0.25) is 0 Å². The zero-order valence-corrected chi connectivity index (χ0v) is 11.9. The lowest BCUT2D eigenvalue weighted by molar-refractivity contribution is -0.127. The predicted molar refractivity (Wildman–Crippen MR) is 73.4 cm³/mol. The number of esters is 1. The maximum Gasteiger partial charge on any atom is 0.339 e. The van der Waals surface area contributed by atoms with E-state index < -0.39 is 24.0 Å². The molecular weight excluding hydrogens is 260 g/mol. The van der Waals surface area contributed by atoms with Crippen LogP contribution in [0.25, 0.3) is 0 Å². The SMILES string of the molecule is CNC(=O)NC(=O)[C@H](C)OC(=O)c1cccc(C)c1C. The number of benzene rings is 1. The Bertz CT molecular complexity index is 540. The molecule has 3 amide bonds. The van der Waals surface area contributed by atoms with E-state index >= 15 is 0 Å². The number of imide groups is 1. The van der Waals surface area contributed by atoms with Gasteiger partial charge < -0.3 is 10.1 Å². The first-order valence-corrected chi connectivity index (χ1v) is 6.16. The second-order valence-corrected chi connectivity index (χ2v) is 4.36. The highest BCUT2D eigenvalue weighted by Crippen LogP contribution is 2.14. The molecule has 0 unspecified atom stereocenters. The highest BCUT2D eigenvalue weighted by Gasteiger charge is 2.21. The fourth-order valence-corrected chi connectivity index (χ4v) is 1.53. The number of rotatable bonds is 3. The number of hydrogen-bond acceptors (Lipinski definition) is 4. The second-order valence-electron chi connectivity index (χ2n) is 4.36. The number of nitrogens with one attached hydrogen (secondary N) is 2. The van der Waals surface area contributed by atoms with Gasteiger partial charge in [-0.3, -0.25) is 10.1 Å². The van der Waals surface area contributed by atoms with Crippen LogP contribution >= 0.6 is 0 Å². The number of ether oxygens (including phenoxy) is 1. The molecule has 1 rings (SSSR count). The van der Waals surface area contributed by atoms with Crippen molar-refractivity contribution in [2.75, 3.05) is 7.05 Å². The van der Waals surface area contributed by atoms with Gasteiger partial charge in [-0.15, -0.1) is 0 Å². The van der Waals surface area contributed by atoms with Gasteiger partial charge in [0.2, 0.25) is 0 Å². The number of hydrogen-bond donors (Lipinski definition) is 2. The van der Waals surface area contributed by atoms with E-state index in [-0.39, 0.29) is 0 Å². The van der Waals surface area contributed by atoms with E-state index in [0.29, 0.717) is 5.56 Å². The molecule has 6 heteroatoms. The molecular formula is C14H18N2O4. The molecule has 0 heterocycles. The van der Waals surface area contributed by atoms with E-state index in [0.717, 1.165) is 11.1 Å². The van der Waals surface area contributed by atoms with Gasteiger partial charge in [0.25, 0.3) is 5.91 Å². The molecule has 0 aromatic heterocycles. The molecule has 0 aliphatic heterocycles. The third kappa shape index (κ3) is 3.81. The monoisotopic (exact) mass is 278 g/mol. The quantitative estimate of drug-likeness (QED) is 0.816. The minimum Gasteiger partial charge on any atom is -0.449 e. The van der Waals surface area contributed by atoms with Crippen LogP contribution in [0.5, 0.6) is 0 Å². The lowest BCUT2D eigenvalue weighted by Crippen LogP contribution is -2.43. The Hall–Kier alpha value is -2.37. The van der Waals surface area contributed by atoms with Crippen molar-refractivity contribution >= 4 is 17.9 Å².